The number of halogens is 2. The number of hydrogen-bond donors (Lipinski definition) is 1. The second kappa shape index (κ2) is 6.20. The van der Waals surface area contributed by atoms with Gasteiger partial charge in [-0.05, 0) is 18.6 Å². The molecule has 116 valence electrons. The van der Waals surface area contributed by atoms with Gasteiger partial charge in [-0.1, -0.05) is 24.6 Å². The summed E-state index contributed by atoms with van der Waals surface area (Å²) in [5.74, 6) is -1.38. The van der Waals surface area contributed by atoms with Crippen LogP contribution in [0, 0.1) is 11.0 Å². The average Bonchev–Trinajstić information content (AvgIpc) is 2.46. The molecule has 0 aliphatic heterocycles. The fourth-order valence-electron chi connectivity index (χ4n) is 2.02. The van der Waals surface area contributed by atoms with Gasteiger partial charge < -0.3 is 10.9 Å². The fourth-order valence-corrected chi connectivity index (χ4v) is 2.25. The number of pyridine rings is 1. The SMILES string of the molecule is CC[C@@H](N)c1ccc(Cl)c(C(=O)c2ccc[n+]([O-])c2)c1F.[HH].[HH].[HH]. The van der Waals surface area contributed by atoms with Crippen molar-refractivity contribution in [2.24, 2.45) is 5.73 Å². The number of benzene rings is 1. The molecule has 0 aliphatic rings. The first-order valence-corrected chi connectivity index (χ1v) is 6.80. The first kappa shape index (κ1) is 15.4. The summed E-state index contributed by atoms with van der Waals surface area (Å²) in [5, 5.41) is 11.2. The van der Waals surface area contributed by atoms with Crippen LogP contribution in [-0.4, -0.2) is 5.78 Å². The molecule has 4 nitrogen and oxygen atoms in total. The normalized spacial score (nSPS) is 12.2. The molecule has 0 fully saturated rings. The summed E-state index contributed by atoms with van der Waals surface area (Å²) in [6.07, 6.45) is 2.83. The lowest BCUT2D eigenvalue weighted by Gasteiger charge is -2.14. The van der Waals surface area contributed by atoms with Gasteiger partial charge >= 0.3 is 0 Å². The number of aromatic nitrogens is 1. The molecule has 0 aliphatic carbocycles. The number of ketones is 1. The van der Waals surface area contributed by atoms with Gasteiger partial charge in [0.25, 0.3) is 0 Å². The maximum Gasteiger partial charge on any atom is 0.203 e. The minimum absolute atomic E-state index is 0. The molecule has 0 amide bonds. The van der Waals surface area contributed by atoms with Gasteiger partial charge in [0.15, 0.2) is 12.4 Å². The van der Waals surface area contributed by atoms with E-state index in [1.165, 1.54) is 30.5 Å². The molecule has 0 spiro atoms. The summed E-state index contributed by atoms with van der Waals surface area (Å²) < 4.78 is 15.0. The zero-order chi connectivity index (χ0) is 15.6. The van der Waals surface area contributed by atoms with Crippen molar-refractivity contribution in [3.8, 4) is 0 Å². The largest absolute Gasteiger partial charge is 0.619 e. The van der Waals surface area contributed by atoms with Crippen LogP contribution < -0.4 is 10.5 Å². The minimum Gasteiger partial charge on any atom is -0.619 e. The number of carbonyl (C=O) groups is 1. The topological polar surface area (TPSA) is 70.0 Å². The van der Waals surface area contributed by atoms with Crippen molar-refractivity contribution in [2.75, 3.05) is 0 Å². The summed E-state index contributed by atoms with van der Waals surface area (Å²) in [4.78, 5) is 12.4. The molecule has 1 heterocycles. The highest BCUT2D eigenvalue weighted by atomic mass is 35.5. The standard InChI is InChI=1S/C15H14ClFN2O2.3H2/c1-2-12(18)10-5-6-11(16)13(14(10)17)15(20)9-4-3-7-19(21)8-9;;;/h3-8,12H,2,18H2,1H3;3*1H/t12-;;;/m1.../s1. The van der Waals surface area contributed by atoms with E-state index in [1.54, 1.807) is 0 Å². The van der Waals surface area contributed by atoms with Crippen LogP contribution in [0.4, 0.5) is 4.39 Å². The number of hydrogen-bond acceptors (Lipinski definition) is 3. The summed E-state index contributed by atoms with van der Waals surface area (Å²) in [6.45, 7) is 1.82. The lowest BCUT2D eigenvalue weighted by atomic mass is 9.97. The predicted molar refractivity (Wildman–Crippen MR) is 83.8 cm³/mol. The number of carbonyl (C=O) groups excluding carboxylic acids is 1. The average molecular weight is 315 g/mol. The molecule has 2 rings (SSSR count). The molecule has 1 aromatic heterocycles. The Morgan fingerprint density at radius 1 is 1.52 bits per heavy atom. The van der Waals surface area contributed by atoms with Crippen molar-refractivity contribution in [2.45, 2.75) is 19.4 Å². The van der Waals surface area contributed by atoms with Gasteiger partial charge in [0.2, 0.25) is 5.78 Å². The smallest absolute Gasteiger partial charge is 0.203 e. The Balaban J connectivity index is 0. The maximum absolute atomic E-state index is 14.5. The first-order chi connectivity index (χ1) is 9.95. The highest BCUT2D eigenvalue weighted by Gasteiger charge is 2.23. The van der Waals surface area contributed by atoms with E-state index >= 15 is 0 Å². The summed E-state index contributed by atoms with van der Waals surface area (Å²) in [6, 6.07) is 5.24. The highest BCUT2D eigenvalue weighted by molar-refractivity contribution is 6.35. The van der Waals surface area contributed by atoms with Crippen molar-refractivity contribution in [3.63, 3.8) is 0 Å². The van der Waals surface area contributed by atoms with E-state index in [-0.39, 0.29) is 26.0 Å². The second-order valence-corrected chi connectivity index (χ2v) is 5.03. The van der Waals surface area contributed by atoms with E-state index < -0.39 is 17.6 Å². The van der Waals surface area contributed by atoms with Crippen molar-refractivity contribution in [3.05, 3.63) is 69.4 Å². The van der Waals surface area contributed by atoms with E-state index in [9.17, 15) is 14.4 Å². The highest BCUT2D eigenvalue weighted by Crippen LogP contribution is 2.28. The van der Waals surface area contributed by atoms with E-state index in [0.717, 1.165) is 6.20 Å². The first-order valence-electron chi connectivity index (χ1n) is 6.42. The van der Waals surface area contributed by atoms with Gasteiger partial charge in [-0.15, -0.1) is 0 Å². The van der Waals surface area contributed by atoms with Gasteiger partial charge in [-0.3, -0.25) is 4.79 Å². The Kier molecular flexibility index (Phi) is 4.55. The fraction of sp³-hybridized carbons (Fsp3) is 0.200. The van der Waals surface area contributed by atoms with Gasteiger partial charge in [0.1, 0.15) is 5.82 Å². The van der Waals surface area contributed by atoms with Crippen molar-refractivity contribution >= 4 is 17.4 Å². The van der Waals surface area contributed by atoms with Gasteiger partial charge in [0, 0.05) is 22.0 Å². The minimum atomic E-state index is -0.733. The van der Waals surface area contributed by atoms with Crippen LogP contribution >= 0.6 is 11.6 Å². The lowest BCUT2D eigenvalue weighted by Crippen LogP contribution is -2.26. The van der Waals surface area contributed by atoms with Gasteiger partial charge in [0.05, 0.1) is 16.1 Å². The quantitative estimate of drug-likeness (QED) is 0.533. The van der Waals surface area contributed by atoms with Gasteiger partial charge in [-0.25, -0.2) is 4.39 Å². The van der Waals surface area contributed by atoms with E-state index in [1.807, 2.05) is 6.92 Å². The third-order valence-corrected chi connectivity index (χ3v) is 3.54. The Bertz CT molecular complexity index is 704. The zero-order valence-corrected chi connectivity index (χ0v) is 12.1. The summed E-state index contributed by atoms with van der Waals surface area (Å²) >= 11 is 5.95. The summed E-state index contributed by atoms with van der Waals surface area (Å²) in [7, 11) is 0. The van der Waals surface area contributed by atoms with Crippen molar-refractivity contribution < 1.29 is 18.2 Å². The van der Waals surface area contributed by atoms with Crippen LogP contribution in [0.5, 0.6) is 0 Å². The second-order valence-electron chi connectivity index (χ2n) is 4.62. The Morgan fingerprint density at radius 3 is 2.86 bits per heavy atom. The van der Waals surface area contributed by atoms with Crippen LogP contribution in [0.15, 0.2) is 36.7 Å². The molecular formula is C15H20ClFN2O2. The maximum atomic E-state index is 14.5. The molecule has 1 atom stereocenters. The van der Waals surface area contributed by atoms with E-state index in [0.29, 0.717) is 11.2 Å². The Morgan fingerprint density at radius 2 is 2.24 bits per heavy atom. The molecule has 0 unspecified atom stereocenters. The molecule has 0 saturated heterocycles. The Labute approximate surface area is 131 Å². The third-order valence-electron chi connectivity index (χ3n) is 3.22. The van der Waals surface area contributed by atoms with Crippen LogP contribution in [-0.2, 0) is 0 Å². The predicted octanol–water partition coefficient (Wildman–Crippen LogP) is 3.49. The van der Waals surface area contributed by atoms with Crippen LogP contribution in [0.2, 0.25) is 5.02 Å². The molecule has 0 bridgehead atoms. The molecule has 21 heavy (non-hydrogen) atoms. The third kappa shape index (κ3) is 3.04. The monoisotopic (exact) mass is 314 g/mol. The van der Waals surface area contributed by atoms with E-state index in [4.69, 9.17) is 17.3 Å². The molecule has 2 aromatic rings. The zero-order valence-electron chi connectivity index (χ0n) is 11.3. The lowest BCUT2D eigenvalue weighted by molar-refractivity contribution is -0.605. The number of nitrogens with two attached hydrogens (primary N) is 1. The number of rotatable bonds is 4. The van der Waals surface area contributed by atoms with Crippen LogP contribution in [0.3, 0.4) is 0 Å². The molecular weight excluding hydrogens is 295 g/mol. The Hall–Kier alpha value is -1.98. The van der Waals surface area contributed by atoms with Crippen LogP contribution in [0.25, 0.3) is 0 Å². The molecule has 6 heteroatoms. The molecule has 0 radical (unpaired) electrons. The van der Waals surface area contributed by atoms with Crippen molar-refractivity contribution in [1.82, 2.24) is 0 Å². The van der Waals surface area contributed by atoms with E-state index in [2.05, 4.69) is 0 Å². The summed E-state index contributed by atoms with van der Waals surface area (Å²) in [5.41, 5.74) is 5.87. The van der Waals surface area contributed by atoms with Crippen LogP contribution in [0.1, 0.15) is 45.2 Å². The molecule has 2 N–H and O–H groups in total. The van der Waals surface area contributed by atoms with Crippen molar-refractivity contribution in [1.29, 1.82) is 0 Å². The van der Waals surface area contributed by atoms with Gasteiger partial charge in [-0.2, -0.15) is 4.73 Å². The molecule has 1 aromatic carbocycles. The molecule has 0 saturated carbocycles. The number of nitrogens with zero attached hydrogens (tertiary/aromatic N) is 1.